The fourth-order valence-electron chi connectivity index (χ4n) is 3.64. The minimum Gasteiger partial charge on any atom is -0.329 e. The molecule has 1 aliphatic carbocycles. The van der Waals surface area contributed by atoms with Gasteiger partial charge in [0.05, 0.1) is 0 Å². The number of rotatable bonds is 6. The van der Waals surface area contributed by atoms with Crippen LogP contribution in [0.1, 0.15) is 58.8 Å². The van der Waals surface area contributed by atoms with Gasteiger partial charge in [-0.1, -0.05) is 11.6 Å². The summed E-state index contributed by atoms with van der Waals surface area (Å²) in [5.74, 6) is 0. The lowest BCUT2D eigenvalue weighted by Crippen LogP contribution is -2.52. The van der Waals surface area contributed by atoms with E-state index >= 15 is 0 Å². The van der Waals surface area contributed by atoms with Crippen LogP contribution >= 0.6 is 0 Å². The van der Waals surface area contributed by atoms with E-state index < -0.39 is 0 Å². The molecule has 1 aliphatic heterocycles. The molecule has 1 unspecified atom stereocenters. The highest BCUT2D eigenvalue weighted by molar-refractivity contribution is 5.08. The van der Waals surface area contributed by atoms with Gasteiger partial charge in [-0.05, 0) is 71.9 Å². The van der Waals surface area contributed by atoms with Crippen molar-refractivity contribution in [3.05, 3.63) is 11.6 Å². The lowest BCUT2D eigenvalue weighted by Gasteiger charge is -2.33. The van der Waals surface area contributed by atoms with E-state index in [1.165, 1.54) is 58.0 Å². The van der Waals surface area contributed by atoms with Gasteiger partial charge in [0.2, 0.25) is 0 Å². The molecule has 0 spiro atoms. The molecule has 20 heavy (non-hydrogen) atoms. The fourth-order valence-corrected chi connectivity index (χ4v) is 3.64. The summed E-state index contributed by atoms with van der Waals surface area (Å²) in [4.78, 5) is 2.60. The quantitative estimate of drug-likeness (QED) is 0.735. The van der Waals surface area contributed by atoms with Gasteiger partial charge in [0, 0.05) is 24.7 Å². The first-order valence-corrected chi connectivity index (χ1v) is 8.52. The minimum absolute atomic E-state index is 0.183. The number of nitrogens with zero attached hydrogens (tertiary/aromatic N) is 1. The van der Waals surface area contributed by atoms with Gasteiger partial charge in [-0.25, -0.2) is 0 Å². The smallest absolute Gasteiger partial charge is 0.0316 e. The Morgan fingerprint density at radius 3 is 2.80 bits per heavy atom. The van der Waals surface area contributed by atoms with Crippen molar-refractivity contribution in [2.75, 3.05) is 26.2 Å². The SMILES string of the molecule is CC(C)N1CCCC(CN)(NCCC2=CCCC2)CC1. The second-order valence-corrected chi connectivity index (χ2v) is 6.90. The van der Waals surface area contributed by atoms with Crippen molar-refractivity contribution in [2.45, 2.75) is 70.4 Å². The predicted octanol–water partition coefficient (Wildman–Crippen LogP) is 2.67. The minimum atomic E-state index is 0.183. The lowest BCUT2D eigenvalue weighted by molar-refractivity contribution is 0.219. The van der Waals surface area contributed by atoms with E-state index in [1.807, 2.05) is 0 Å². The Hall–Kier alpha value is -0.380. The van der Waals surface area contributed by atoms with E-state index in [4.69, 9.17) is 5.73 Å². The van der Waals surface area contributed by atoms with E-state index in [1.54, 1.807) is 5.57 Å². The van der Waals surface area contributed by atoms with Crippen LogP contribution in [0.5, 0.6) is 0 Å². The predicted molar refractivity (Wildman–Crippen MR) is 86.9 cm³/mol. The Balaban J connectivity index is 1.82. The number of nitrogens with two attached hydrogens (primary N) is 1. The van der Waals surface area contributed by atoms with Crippen LogP contribution in [0.2, 0.25) is 0 Å². The zero-order valence-electron chi connectivity index (χ0n) is 13.5. The number of allylic oxidation sites excluding steroid dienone is 1. The first-order valence-electron chi connectivity index (χ1n) is 8.52. The second-order valence-electron chi connectivity index (χ2n) is 6.90. The van der Waals surface area contributed by atoms with E-state index in [-0.39, 0.29) is 5.54 Å². The van der Waals surface area contributed by atoms with Crippen LogP contribution in [0, 0.1) is 0 Å². The van der Waals surface area contributed by atoms with Crippen LogP contribution in [0.4, 0.5) is 0 Å². The van der Waals surface area contributed by atoms with Gasteiger partial charge in [-0.15, -0.1) is 0 Å². The summed E-state index contributed by atoms with van der Waals surface area (Å²) in [6, 6.07) is 0.659. The molecule has 3 heteroatoms. The van der Waals surface area contributed by atoms with Gasteiger partial charge in [-0.3, -0.25) is 0 Å². The Morgan fingerprint density at radius 2 is 2.15 bits per heavy atom. The number of likely N-dealkylation sites (tertiary alicyclic amines) is 1. The third-order valence-electron chi connectivity index (χ3n) is 5.18. The summed E-state index contributed by atoms with van der Waals surface area (Å²) < 4.78 is 0. The maximum atomic E-state index is 6.13. The first kappa shape index (κ1) is 16.0. The Labute approximate surface area is 125 Å². The number of nitrogens with one attached hydrogen (secondary N) is 1. The summed E-state index contributed by atoms with van der Waals surface area (Å²) in [5, 5.41) is 3.82. The van der Waals surface area contributed by atoms with E-state index in [9.17, 15) is 0 Å². The zero-order chi connectivity index (χ0) is 14.4. The van der Waals surface area contributed by atoms with Crippen LogP contribution in [0.15, 0.2) is 11.6 Å². The maximum Gasteiger partial charge on any atom is 0.0316 e. The third kappa shape index (κ3) is 4.31. The molecule has 2 rings (SSSR count). The normalized spacial score (nSPS) is 28.7. The molecule has 1 saturated heterocycles. The molecule has 1 fully saturated rings. The Kier molecular flexibility index (Phi) is 6.06. The molecule has 3 nitrogen and oxygen atoms in total. The van der Waals surface area contributed by atoms with Gasteiger partial charge in [0.15, 0.2) is 0 Å². The summed E-state index contributed by atoms with van der Waals surface area (Å²) in [5.41, 5.74) is 7.97. The van der Waals surface area contributed by atoms with E-state index in [2.05, 4.69) is 30.1 Å². The fraction of sp³-hybridized carbons (Fsp3) is 0.882. The zero-order valence-corrected chi connectivity index (χ0v) is 13.5. The lowest BCUT2D eigenvalue weighted by atomic mass is 9.90. The number of hydrogen-bond donors (Lipinski definition) is 2. The van der Waals surface area contributed by atoms with Crippen LogP contribution in [-0.2, 0) is 0 Å². The average Bonchev–Trinajstić information content (AvgIpc) is 2.85. The molecule has 0 aromatic carbocycles. The summed E-state index contributed by atoms with van der Waals surface area (Å²) in [7, 11) is 0. The average molecular weight is 279 g/mol. The monoisotopic (exact) mass is 279 g/mol. The Morgan fingerprint density at radius 1 is 1.30 bits per heavy atom. The molecule has 1 atom stereocenters. The third-order valence-corrected chi connectivity index (χ3v) is 5.18. The Bertz CT molecular complexity index is 324. The molecule has 0 aromatic rings. The van der Waals surface area contributed by atoms with Gasteiger partial charge in [0.25, 0.3) is 0 Å². The van der Waals surface area contributed by atoms with Crippen molar-refractivity contribution in [3.63, 3.8) is 0 Å². The maximum absolute atomic E-state index is 6.13. The first-order chi connectivity index (χ1) is 9.65. The highest BCUT2D eigenvalue weighted by Crippen LogP contribution is 2.24. The highest BCUT2D eigenvalue weighted by atomic mass is 15.2. The molecule has 0 bridgehead atoms. The molecule has 0 saturated carbocycles. The van der Waals surface area contributed by atoms with Gasteiger partial charge in [0.1, 0.15) is 0 Å². The molecule has 2 aliphatic rings. The molecular formula is C17H33N3. The van der Waals surface area contributed by atoms with Crippen molar-refractivity contribution in [3.8, 4) is 0 Å². The van der Waals surface area contributed by atoms with Gasteiger partial charge < -0.3 is 16.0 Å². The number of hydrogen-bond acceptors (Lipinski definition) is 3. The van der Waals surface area contributed by atoms with Crippen LogP contribution in [0.3, 0.4) is 0 Å². The molecule has 0 amide bonds. The molecule has 0 aromatic heterocycles. The summed E-state index contributed by atoms with van der Waals surface area (Å²) >= 11 is 0. The van der Waals surface area contributed by atoms with Crippen LogP contribution in [-0.4, -0.2) is 42.7 Å². The molecular weight excluding hydrogens is 246 g/mol. The molecule has 116 valence electrons. The largest absolute Gasteiger partial charge is 0.329 e. The van der Waals surface area contributed by atoms with Crippen LogP contribution in [0.25, 0.3) is 0 Å². The van der Waals surface area contributed by atoms with Crippen molar-refractivity contribution >= 4 is 0 Å². The van der Waals surface area contributed by atoms with E-state index in [0.717, 1.165) is 13.1 Å². The highest BCUT2D eigenvalue weighted by Gasteiger charge is 2.31. The van der Waals surface area contributed by atoms with Crippen molar-refractivity contribution in [2.24, 2.45) is 5.73 Å². The standard InChI is InChI=1S/C17H33N3/c1-15(2)20-12-5-9-17(14-18,10-13-20)19-11-8-16-6-3-4-7-16/h6,15,19H,3-5,7-14,18H2,1-2H3. The van der Waals surface area contributed by atoms with Crippen molar-refractivity contribution in [1.82, 2.24) is 10.2 Å². The van der Waals surface area contributed by atoms with E-state index in [0.29, 0.717) is 6.04 Å². The topological polar surface area (TPSA) is 41.3 Å². The van der Waals surface area contributed by atoms with Gasteiger partial charge >= 0.3 is 0 Å². The molecule has 0 radical (unpaired) electrons. The second kappa shape index (κ2) is 7.58. The summed E-state index contributed by atoms with van der Waals surface area (Å²) in [6.45, 7) is 8.89. The molecule has 3 N–H and O–H groups in total. The summed E-state index contributed by atoms with van der Waals surface area (Å²) in [6.07, 6.45) is 11.3. The van der Waals surface area contributed by atoms with Gasteiger partial charge in [-0.2, -0.15) is 0 Å². The van der Waals surface area contributed by atoms with Crippen molar-refractivity contribution < 1.29 is 0 Å². The molecule has 1 heterocycles. The van der Waals surface area contributed by atoms with Crippen molar-refractivity contribution in [1.29, 1.82) is 0 Å². The van der Waals surface area contributed by atoms with Crippen LogP contribution < -0.4 is 11.1 Å².